The van der Waals surface area contributed by atoms with Crippen molar-refractivity contribution in [1.82, 2.24) is 0 Å². The maximum absolute atomic E-state index is 13.0. The van der Waals surface area contributed by atoms with E-state index < -0.39 is 0 Å². The highest BCUT2D eigenvalue weighted by molar-refractivity contribution is 5.95. The quantitative estimate of drug-likeness (QED) is 0.507. The van der Waals surface area contributed by atoms with Crippen molar-refractivity contribution in [2.24, 2.45) is 23.7 Å². The van der Waals surface area contributed by atoms with Gasteiger partial charge in [0.1, 0.15) is 17.6 Å². The smallest absolute Gasteiger partial charge is 0.340 e. The van der Waals surface area contributed by atoms with E-state index in [1.165, 1.54) is 50.3 Å². The highest BCUT2D eigenvalue weighted by Gasteiger charge is 2.50. The molecule has 0 aromatic heterocycles. The van der Waals surface area contributed by atoms with Crippen LogP contribution in [0.15, 0.2) is 42.5 Å². The summed E-state index contributed by atoms with van der Waals surface area (Å²) >= 11 is 0. The number of para-hydroxylation sites is 1. The lowest BCUT2D eigenvalue weighted by molar-refractivity contribution is -0.101. The van der Waals surface area contributed by atoms with Crippen LogP contribution in [0.3, 0.4) is 0 Å². The minimum absolute atomic E-state index is 0.0541. The Labute approximate surface area is 170 Å². The Balaban J connectivity index is 1.30. The first-order chi connectivity index (χ1) is 14.1. The van der Waals surface area contributed by atoms with Crippen LogP contribution in [-0.4, -0.2) is 22.3 Å². The van der Waals surface area contributed by atoms with Gasteiger partial charge >= 0.3 is 5.97 Å². The Morgan fingerprint density at radius 3 is 2.38 bits per heavy atom. The normalized spacial score (nSPS) is 29.6. The fraction of sp³-hybridized carbons (Fsp3) is 0.458. The van der Waals surface area contributed by atoms with Gasteiger partial charge in [0.2, 0.25) is 0 Å². The molecular formula is C24H27NO4. The molecule has 4 bridgehead atoms. The van der Waals surface area contributed by atoms with Gasteiger partial charge in [0.25, 0.3) is 0 Å². The second-order valence-corrected chi connectivity index (χ2v) is 9.01. The minimum atomic E-state index is -0.272. The van der Waals surface area contributed by atoms with Crippen LogP contribution in [0.5, 0.6) is 11.5 Å². The third kappa shape index (κ3) is 3.54. The largest absolute Gasteiger partial charge is 0.508 e. The lowest BCUT2D eigenvalue weighted by atomic mass is 9.55. The number of aromatic hydroxyl groups is 2. The van der Waals surface area contributed by atoms with Crippen LogP contribution in [0.2, 0.25) is 0 Å². The van der Waals surface area contributed by atoms with Gasteiger partial charge in [0.05, 0.1) is 5.56 Å². The molecule has 2 aromatic carbocycles. The van der Waals surface area contributed by atoms with Gasteiger partial charge < -0.3 is 20.3 Å². The topological polar surface area (TPSA) is 78.8 Å². The summed E-state index contributed by atoms with van der Waals surface area (Å²) in [6.45, 7) is 0.294. The van der Waals surface area contributed by atoms with Crippen molar-refractivity contribution >= 4 is 11.7 Å². The Bertz CT molecular complexity index is 897. The lowest BCUT2D eigenvalue weighted by Gasteiger charge is -2.53. The molecule has 0 atom stereocenters. The molecule has 0 aliphatic heterocycles. The molecule has 5 nitrogen and oxygen atoms in total. The highest BCUT2D eigenvalue weighted by Crippen LogP contribution is 2.54. The van der Waals surface area contributed by atoms with Gasteiger partial charge in [0, 0.05) is 17.8 Å². The highest BCUT2D eigenvalue weighted by atomic mass is 16.5. The van der Waals surface area contributed by atoms with Crippen molar-refractivity contribution in [3.63, 3.8) is 0 Å². The second-order valence-electron chi connectivity index (χ2n) is 9.01. The summed E-state index contributed by atoms with van der Waals surface area (Å²) in [4.78, 5) is 13.0. The van der Waals surface area contributed by atoms with Gasteiger partial charge in [-0.2, -0.15) is 0 Å². The summed E-state index contributed by atoms with van der Waals surface area (Å²) in [6.07, 6.45) is 6.27. The number of anilines is 1. The van der Waals surface area contributed by atoms with Crippen molar-refractivity contribution in [3.05, 3.63) is 53.6 Å². The maximum atomic E-state index is 13.0. The summed E-state index contributed by atoms with van der Waals surface area (Å²) in [6, 6.07) is 11.7. The molecule has 4 aliphatic carbocycles. The minimum Gasteiger partial charge on any atom is -0.508 e. The molecule has 6 rings (SSSR count). The molecule has 4 aliphatic rings. The number of rotatable bonds is 5. The zero-order chi connectivity index (χ0) is 20.0. The van der Waals surface area contributed by atoms with Crippen LogP contribution >= 0.6 is 0 Å². The Kier molecular flexibility index (Phi) is 4.61. The maximum Gasteiger partial charge on any atom is 0.340 e. The first-order valence-electron chi connectivity index (χ1n) is 10.6. The predicted molar refractivity (Wildman–Crippen MR) is 110 cm³/mol. The first-order valence-corrected chi connectivity index (χ1v) is 10.6. The lowest BCUT2D eigenvalue weighted by Crippen LogP contribution is -2.50. The van der Waals surface area contributed by atoms with Crippen LogP contribution < -0.4 is 5.32 Å². The van der Waals surface area contributed by atoms with Gasteiger partial charge in [-0.3, -0.25) is 0 Å². The first kappa shape index (κ1) is 18.3. The number of phenols is 2. The number of esters is 1. The van der Waals surface area contributed by atoms with E-state index in [-0.39, 0.29) is 23.6 Å². The third-order valence-electron chi connectivity index (χ3n) is 7.06. The number of hydrogen-bond acceptors (Lipinski definition) is 5. The van der Waals surface area contributed by atoms with E-state index >= 15 is 0 Å². The standard InChI is InChI=1S/C24H27NO4/c26-19-5-6-22(27)18(12-19)13-25-21-4-2-1-3-20(21)24(28)29-23-16-8-14-7-15(10-16)11-17(23)9-14/h1-6,12,14-17,23,25-27H,7-11,13H2. The van der Waals surface area contributed by atoms with E-state index in [4.69, 9.17) is 4.74 Å². The average Bonchev–Trinajstić information content (AvgIpc) is 2.71. The van der Waals surface area contributed by atoms with Gasteiger partial charge in [-0.15, -0.1) is 0 Å². The average molecular weight is 393 g/mol. The molecule has 3 N–H and O–H groups in total. The van der Waals surface area contributed by atoms with Gasteiger partial charge in [0.15, 0.2) is 0 Å². The molecular weight excluding hydrogens is 366 g/mol. The molecule has 0 saturated heterocycles. The summed E-state index contributed by atoms with van der Waals surface area (Å²) in [5.74, 6) is 2.66. The SMILES string of the molecule is O=C(OC1C2CC3CC(C2)CC1C3)c1ccccc1NCc1cc(O)ccc1O. The zero-order valence-electron chi connectivity index (χ0n) is 16.4. The number of nitrogens with one attached hydrogen (secondary N) is 1. The van der Waals surface area contributed by atoms with Gasteiger partial charge in [-0.1, -0.05) is 12.1 Å². The summed E-state index contributed by atoms with van der Waals surface area (Å²) in [7, 11) is 0. The zero-order valence-corrected chi connectivity index (χ0v) is 16.4. The molecule has 0 heterocycles. The van der Waals surface area contributed by atoms with Crippen LogP contribution in [0.25, 0.3) is 0 Å². The van der Waals surface area contributed by atoms with Crippen LogP contribution in [0, 0.1) is 23.7 Å². The molecule has 4 saturated carbocycles. The Morgan fingerprint density at radius 2 is 1.66 bits per heavy atom. The summed E-state index contributed by atoms with van der Waals surface area (Å²) in [5, 5.41) is 22.8. The van der Waals surface area contributed by atoms with E-state index in [0.29, 0.717) is 35.2 Å². The fourth-order valence-electron chi connectivity index (χ4n) is 5.97. The van der Waals surface area contributed by atoms with Crippen molar-refractivity contribution < 1.29 is 19.7 Å². The fourth-order valence-corrected chi connectivity index (χ4v) is 5.97. The monoisotopic (exact) mass is 393 g/mol. The number of phenolic OH excluding ortho intramolecular Hbond substituents is 2. The molecule has 29 heavy (non-hydrogen) atoms. The number of carbonyl (C=O) groups excluding carboxylic acids is 1. The number of carbonyl (C=O) groups is 1. The Hall–Kier alpha value is -2.69. The molecule has 152 valence electrons. The molecule has 0 radical (unpaired) electrons. The molecule has 2 aromatic rings. The molecule has 0 amide bonds. The number of hydrogen-bond donors (Lipinski definition) is 3. The van der Waals surface area contributed by atoms with E-state index in [2.05, 4.69) is 5.32 Å². The van der Waals surface area contributed by atoms with E-state index in [9.17, 15) is 15.0 Å². The van der Waals surface area contributed by atoms with Gasteiger partial charge in [-0.25, -0.2) is 4.79 Å². The van der Waals surface area contributed by atoms with E-state index in [1.807, 2.05) is 18.2 Å². The molecule has 0 spiro atoms. The van der Waals surface area contributed by atoms with Crippen molar-refractivity contribution in [1.29, 1.82) is 0 Å². The number of ether oxygens (including phenoxy) is 1. The molecule has 4 fully saturated rings. The molecule has 5 heteroatoms. The number of benzene rings is 2. The van der Waals surface area contributed by atoms with Crippen molar-refractivity contribution in [2.45, 2.75) is 44.8 Å². The van der Waals surface area contributed by atoms with Crippen LogP contribution in [0.4, 0.5) is 5.69 Å². The predicted octanol–water partition coefficient (Wildman–Crippen LogP) is 4.69. The Morgan fingerprint density at radius 1 is 0.966 bits per heavy atom. The van der Waals surface area contributed by atoms with E-state index in [0.717, 1.165) is 11.8 Å². The summed E-state index contributed by atoms with van der Waals surface area (Å²) < 4.78 is 6.08. The van der Waals surface area contributed by atoms with Crippen molar-refractivity contribution in [3.8, 4) is 11.5 Å². The summed E-state index contributed by atoms with van der Waals surface area (Å²) in [5.41, 5.74) is 1.75. The van der Waals surface area contributed by atoms with Crippen LogP contribution in [-0.2, 0) is 11.3 Å². The molecule has 0 unspecified atom stereocenters. The van der Waals surface area contributed by atoms with E-state index in [1.54, 1.807) is 6.07 Å². The van der Waals surface area contributed by atoms with Crippen LogP contribution in [0.1, 0.15) is 48.0 Å². The van der Waals surface area contributed by atoms with Gasteiger partial charge in [-0.05, 0) is 86.1 Å². The second kappa shape index (κ2) is 7.29. The van der Waals surface area contributed by atoms with Crippen molar-refractivity contribution in [2.75, 3.05) is 5.32 Å². The third-order valence-corrected chi connectivity index (χ3v) is 7.06.